The quantitative estimate of drug-likeness (QED) is 0.651. The lowest BCUT2D eigenvalue weighted by molar-refractivity contribution is -0.384. The molecule has 0 fully saturated rings. The van der Waals surface area contributed by atoms with Gasteiger partial charge < -0.3 is 15.2 Å². The number of phenols is 1. The summed E-state index contributed by atoms with van der Waals surface area (Å²) in [6, 6.07) is 9.99. The number of hydrogen-bond acceptors (Lipinski definition) is 5. The Morgan fingerprint density at radius 1 is 1.33 bits per heavy atom. The van der Waals surface area contributed by atoms with E-state index < -0.39 is 4.92 Å². The van der Waals surface area contributed by atoms with Crippen LogP contribution in [-0.2, 0) is 6.54 Å². The van der Waals surface area contributed by atoms with Crippen molar-refractivity contribution in [3.8, 4) is 11.5 Å². The lowest BCUT2D eigenvalue weighted by Gasteiger charge is -2.10. The van der Waals surface area contributed by atoms with Crippen LogP contribution in [0.2, 0.25) is 0 Å². The number of methoxy groups -OCH3 is 1. The molecule has 0 saturated heterocycles. The Hall–Kier alpha value is -2.76. The average molecular weight is 288 g/mol. The molecule has 0 amide bonds. The monoisotopic (exact) mass is 288 g/mol. The lowest BCUT2D eigenvalue weighted by atomic mass is 10.1. The molecule has 0 spiro atoms. The Balaban J connectivity index is 2.23. The summed E-state index contributed by atoms with van der Waals surface area (Å²) >= 11 is 0. The third-order valence-electron chi connectivity index (χ3n) is 3.19. The second-order valence-corrected chi connectivity index (χ2v) is 4.58. The molecule has 2 rings (SSSR count). The minimum atomic E-state index is -0.471. The Morgan fingerprint density at radius 2 is 2.10 bits per heavy atom. The van der Waals surface area contributed by atoms with Crippen LogP contribution in [0.15, 0.2) is 36.4 Å². The molecule has 6 heteroatoms. The molecule has 2 aromatic carbocycles. The number of hydrogen-bond donors (Lipinski definition) is 2. The predicted molar refractivity (Wildman–Crippen MR) is 79.8 cm³/mol. The molecule has 0 aromatic heterocycles. The van der Waals surface area contributed by atoms with Gasteiger partial charge in [0.05, 0.1) is 18.1 Å². The largest absolute Gasteiger partial charge is 0.507 e. The summed E-state index contributed by atoms with van der Waals surface area (Å²) in [7, 11) is 1.46. The van der Waals surface area contributed by atoms with Crippen LogP contribution in [0.4, 0.5) is 11.4 Å². The van der Waals surface area contributed by atoms with Crippen molar-refractivity contribution in [2.45, 2.75) is 13.5 Å². The summed E-state index contributed by atoms with van der Waals surface area (Å²) in [6.07, 6.45) is 0. The average Bonchev–Trinajstić information content (AvgIpc) is 2.48. The molecule has 110 valence electrons. The van der Waals surface area contributed by atoms with Crippen LogP contribution in [0, 0.1) is 17.0 Å². The molecule has 0 aliphatic carbocycles. The fourth-order valence-electron chi connectivity index (χ4n) is 1.99. The highest BCUT2D eigenvalue weighted by Crippen LogP contribution is 2.30. The summed E-state index contributed by atoms with van der Waals surface area (Å²) in [5.74, 6) is 0.617. The molecule has 0 aliphatic rings. The van der Waals surface area contributed by atoms with E-state index in [0.717, 1.165) is 5.56 Å². The topological polar surface area (TPSA) is 84.6 Å². The molecule has 0 heterocycles. The number of ether oxygens (including phenoxy) is 1. The van der Waals surface area contributed by atoms with Crippen LogP contribution >= 0.6 is 0 Å². The summed E-state index contributed by atoms with van der Waals surface area (Å²) < 4.78 is 4.99. The van der Waals surface area contributed by atoms with Gasteiger partial charge in [0.25, 0.3) is 5.69 Å². The van der Waals surface area contributed by atoms with Gasteiger partial charge >= 0.3 is 0 Å². The first kappa shape index (κ1) is 14.6. The molecule has 0 unspecified atom stereocenters. The molecule has 0 saturated carbocycles. The van der Waals surface area contributed by atoms with Gasteiger partial charge in [0.1, 0.15) is 17.2 Å². The van der Waals surface area contributed by atoms with Gasteiger partial charge in [-0.3, -0.25) is 10.1 Å². The summed E-state index contributed by atoms with van der Waals surface area (Å²) in [5, 5.41) is 24.0. The van der Waals surface area contributed by atoms with Crippen molar-refractivity contribution in [2.75, 3.05) is 12.4 Å². The first-order chi connectivity index (χ1) is 10.0. The van der Waals surface area contributed by atoms with Gasteiger partial charge in [0.15, 0.2) is 0 Å². The molecule has 2 aromatic rings. The Kier molecular flexibility index (Phi) is 4.27. The van der Waals surface area contributed by atoms with Crippen molar-refractivity contribution in [2.24, 2.45) is 0 Å². The SMILES string of the molecule is COc1ccc(NCc2cccc(C)c2O)c([N+](=O)[O-])c1. The molecule has 0 aliphatic heterocycles. The maximum atomic E-state index is 11.1. The second kappa shape index (κ2) is 6.13. The smallest absolute Gasteiger partial charge is 0.296 e. The van der Waals surface area contributed by atoms with Gasteiger partial charge in [-0.15, -0.1) is 0 Å². The number of benzene rings is 2. The molecule has 0 atom stereocenters. The van der Waals surface area contributed by atoms with Crippen molar-refractivity contribution in [1.29, 1.82) is 0 Å². The minimum Gasteiger partial charge on any atom is -0.507 e. The standard InChI is InChI=1S/C15H16N2O4/c1-10-4-3-5-11(15(10)18)9-16-13-7-6-12(21-2)8-14(13)17(19)20/h3-8,16,18H,9H2,1-2H3. The number of nitro benzene ring substituents is 1. The van der Waals surface area contributed by atoms with Gasteiger partial charge in [0, 0.05) is 12.1 Å². The van der Waals surface area contributed by atoms with E-state index in [0.29, 0.717) is 23.5 Å². The van der Waals surface area contributed by atoms with Crippen LogP contribution in [0.25, 0.3) is 0 Å². The number of nitrogens with zero attached hydrogens (tertiary/aromatic N) is 1. The van der Waals surface area contributed by atoms with E-state index >= 15 is 0 Å². The number of anilines is 1. The van der Waals surface area contributed by atoms with Crippen LogP contribution in [0.1, 0.15) is 11.1 Å². The third kappa shape index (κ3) is 3.22. The van der Waals surface area contributed by atoms with E-state index in [4.69, 9.17) is 4.74 Å². The lowest BCUT2D eigenvalue weighted by Crippen LogP contribution is -2.03. The molecule has 21 heavy (non-hydrogen) atoms. The zero-order valence-corrected chi connectivity index (χ0v) is 11.8. The number of nitrogens with one attached hydrogen (secondary N) is 1. The number of para-hydroxylation sites is 1. The Bertz CT molecular complexity index is 671. The summed E-state index contributed by atoms with van der Waals surface area (Å²) in [5.41, 5.74) is 1.75. The van der Waals surface area contributed by atoms with E-state index in [-0.39, 0.29) is 11.4 Å². The number of aryl methyl sites for hydroxylation is 1. The molecular formula is C15H16N2O4. The van der Waals surface area contributed by atoms with Gasteiger partial charge in [-0.1, -0.05) is 18.2 Å². The van der Waals surface area contributed by atoms with Gasteiger partial charge in [-0.05, 0) is 24.6 Å². The second-order valence-electron chi connectivity index (χ2n) is 4.58. The highest BCUT2D eigenvalue weighted by molar-refractivity contribution is 5.64. The molecule has 0 radical (unpaired) electrons. The Morgan fingerprint density at radius 3 is 2.76 bits per heavy atom. The third-order valence-corrected chi connectivity index (χ3v) is 3.19. The zero-order valence-electron chi connectivity index (χ0n) is 11.8. The first-order valence-electron chi connectivity index (χ1n) is 6.36. The minimum absolute atomic E-state index is 0.0681. The van der Waals surface area contributed by atoms with Gasteiger partial charge in [0.2, 0.25) is 0 Å². The fourth-order valence-corrected chi connectivity index (χ4v) is 1.99. The van der Waals surface area contributed by atoms with Crippen molar-refractivity contribution in [1.82, 2.24) is 0 Å². The van der Waals surface area contributed by atoms with Gasteiger partial charge in [-0.25, -0.2) is 0 Å². The summed E-state index contributed by atoms with van der Waals surface area (Å²) in [6.45, 7) is 2.09. The number of aromatic hydroxyl groups is 1. The van der Waals surface area contributed by atoms with E-state index in [1.165, 1.54) is 13.2 Å². The predicted octanol–water partition coefficient (Wildman–Crippen LogP) is 3.23. The van der Waals surface area contributed by atoms with E-state index in [2.05, 4.69) is 5.32 Å². The highest BCUT2D eigenvalue weighted by atomic mass is 16.6. The van der Waals surface area contributed by atoms with Crippen LogP contribution in [0.3, 0.4) is 0 Å². The zero-order chi connectivity index (χ0) is 15.4. The first-order valence-corrected chi connectivity index (χ1v) is 6.36. The van der Waals surface area contributed by atoms with Crippen LogP contribution in [-0.4, -0.2) is 17.1 Å². The van der Waals surface area contributed by atoms with E-state index in [1.54, 1.807) is 31.2 Å². The Labute approximate surface area is 122 Å². The van der Waals surface area contributed by atoms with E-state index in [9.17, 15) is 15.2 Å². The normalized spacial score (nSPS) is 10.2. The maximum Gasteiger partial charge on any atom is 0.296 e. The van der Waals surface area contributed by atoms with Crippen molar-refractivity contribution in [3.05, 3.63) is 57.6 Å². The molecule has 2 N–H and O–H groups in total. The number of rotatable bonds is 5. The highest BCUT2D eigenvalue weighted by Gasteiger charge is 2.15. The number of phenolic OH excluding ortho intramolecular Hbond substituents is 1. The van der Waals surface area contributed by atoms with Crippen molar-refractivity contribution >= 4 is 11.4 Å². The number of nitro groups is 1. The maximum absolute atomic E-state index is 11.1. The van der Waals surface area contributed by atoms with Crippen LogP contribution < -0.4 is 10.1 Å². The van der Waals surface area contributed by atoms with Gasteiger partial charge in [-0.2, -0.15) is 0 Å². The molecule has 0 bridgehead atoms. The van der Waals surface area contributed by atoms with Crippen molar-refractivity contribution < 1.29 is 14.8 Å². The van der Waals surface area contributed by atoms with E-state index in [1.807, 2.05) is 6.07 Å². The fraction of sp³-hybridized carbons (Fsp3) is 0.200. The van der Waals surface area contributed by atoms with Crippen molar-refractivity contribution in [3.63, 3.8) is 0 Å². The summed E-state index contributed by atoms with van der Waals surface area (Å²) in [4.78, 5) is 10.6. The van der Waals surface area contributed by atoms with Crippen LogP contribution in [0.5, 0.6) is 11.5 Å². The molecular weight excluding hydrogens is 272 g/mol. The molecule has 6 nitrogen and oxygen atoms in total.